The van der Waals surface area contributed by atoms with E-state index >= 15 is 0 Å². The lowest BCUT2D eigenvalue weighted by Gasteiger charge is -2.32. The molecule has 0 aromatic heterocycles. The summed E-state index contributed by atoms with van der Waals surface area (Å²) in [7, 11) is 0. The molecule has 0 saturated heterocycles. The molecule has 1 aliphatic rings. The SMILES string of the molecule is O=C(CCOCC(F)(F)F)NCCCN1c2ccccc2Sc2ccccc21. The smallest absolute Gasteiger partial charge is 0.372 e. The average Bonchev–Trinajstić information content (AvgIpc) is 2.67. The summed E-state index contributed by atoms with van der Waals surface area (Å²) in [6, 6.07) is 16.4. The van der Waals surface area contributed by atoms with E-state index in [-0.39, 0.29) is 18.9 Å². The number of carbonyl (C=O) groups is 1. The van der Waals surface area contributed by atoms with Gasteiger partial charge in [-0.3, -0.25) is 4.79 Å². The standard InChI is InChI=1S/C20H21F3N2O2S/c21-20(22,23)14-27-13-10-19(26)24-11-5-12-25-15-6-1-3-8-17(15)28-18-9-4-2-7-16(18)25/h1-4,6-9H,5,10-14H2,(H,24,26). The number of para-hydroxylation sites is 2. The Kier molecular flexibility index (Phi) is 6.85. The van der Waals surface area contributed by atoms with Gasteiger partial charge in [0.15, 0.2) is 0 Å². The van der Waals surface area contributed by atoms with Crippen LogP contribution in [0.15, 0.2) is 58.3 Å². The molecular weight excluding hydrogens is 389 g/mol. The molecule has 0 radical (unpaired) electrons. The number of halogens is 3. The van der Waals surface area contributed by atoms with E-state index in [0.29, 0.717) is 13.0 Å². The van der Waals surface area contributed by atoms with Crippen molar-refractivity contribution in [2.75, 3.05) is 31.2 Å². The maximum absolute atomic E-state index is 12.0. The number of hydrogen-bond acceptors (Lipinski definition) is 4. The number of benzene rings is 2. The topological polar surface area (TPSA) is 41.6 Å². The van der Waals surface area contributed by atoms with Crippen LogP contribution < -0.4 is 10.2 Å². The maximum atomic E-state index is 12.0. The summed E-state index contributed by atoms with van der Waals surface area (Å²) in [5, 5.41) is 2.74. The van der Waals surface area contributed by atoms with Gasteiger partial charge in [0.05, 0.1) is 18.0 Å². The van der Waals surface area contributed by atoms with Crippen LogP contribution in [-0.2, 0) is 9.53 Å². The quantitative estimate of drug-likeness (QED) is 0.637. The number of carbonyl (C=O) groups excluding carboxylic acids is 1. The van der Waals surface area contributed by atoms with Crippen LogP contribution in [0.1, 0.15) is 12.8 Å². The van der Waals surface area contributed by atoms with E-state index in [0.717, 1.165) is 17.9 Å². The van der Waals surface area contributed by atoms with Crippen LogP contribution in [0.5, 0.6) is 0 Å². The number of nitrogens with zero attached hydrogens (tertiary/aromatic N) is 1. The molecule has 0 aliphatic carbocycles. The van der Waals surface area contributed by atoms with Crippen molar-refractivity contribution in [3.8, 4) is 0 Å². The van der Waals surface area contributed by atoms with E-state index in [9.17, 15) is 18.0 Å². The number of alkyl halides is 3. The second kappa shape index (κ2) is 9.34. The number of ether oxygens (including phenoxy) is 1. The van der Waals surface area contributed by atoms with Gasteiger partial charge in [0.2, 0.25) is 5.91 Å². The summed E-state index contributed by atoms with van der Waals surface area (Å²) in [5.41, 5.74) is 2.27. The first kappa shape index (κ1) is 20.5. The van der Waals surface area contributed by atoms with Crippen LogP contribution in [0.3, 0.4) is 0 Å². The van der Waals surface area contributed by atoms with Crippen LogP contribution >= 0.6 is 11.8 Å². The lowest BCUT2D eigenvalue weighted by Crippen LogP contribution is -2.29. The fourth-order valence-corrected chi connectivity index (χ4v) is 4.02. The third-order valence-electron chi connectivity index (χ3n) is 4.15. The van der Waals surface area contributed by atoms with Crippen molar-refractivity contribution in [2.24, 2.45) is 0 Å². The molecule has 1 aliphatic heterocycles. The zero-order valence-corrected chi connectivity index (χ0v) is 16.0. The van der Waals surface area contributed by atoms with E-state index in [2.05, 4.69) is 39.2 Å². The Bertz CT molecular complexity index is 769. The van der Waals surface area contributed by atoms with Crippen LogP contribution in [0, 0.1) is 0 Å². The molecule has 0 saturated carbocycles. The highest BCUT2D eigenvalue weighted by Gasteiger charge is 2.27. The highest BCUT2D eigenvalue weighted by Crippen LogP contribution is 2.47. The average molecular weight is 410 g/mol. The van der Waals surface area contributed by atoms with Crippen molar-refractivity contribution in [3.63, 3.8) is 0 Å². The molecule has 1 heterocycles. The number of fused-ring (bicyclic) bond motifs is 2. The Hall–Kier alpha value is -2.19. The molecule has 0 atom stereocenters. The molecule has 1 N–H and O–H groups in total. The third kappa shape index (κ3) is 5.65. The predicted molar refractivity (Wildman–Crippen MR) is 103 cm³/mol. The predicted octanol–water partition coefficient (Wildman–Crippen LogP) is 4.76. The summed E-state index contributed by atoms with van der Waals surface area (Å²) >= 11 is 1.74. The van der Waals surface area contributed by atoms with Gasteiger partial charge in [-0.05, 0) is 30.7 Å². The highest BCUT2D eigenvalue weighted by molar-refractivity contribution is 7.99. The van der Waals surface area contributed by atoms with Crippen molar-refractivity contribution < 1.29 is 22.7 Å². The van der Waals surface area contributed by atoms with Gasteiger partial charge in [-0.2, -0.15) is 13.2 Å². The number of nitrogens with one attached hydrogen (secondary N) is 1. The van der Waals surface area contributed by atoms with Gasteiger partial charge in [0.1, 0.15) is 6.61 Å². The molecule has 0 bridgehead atoms. The number of anilines is 2. The Morgan fingerprint density at radius 1 is 1.04 bits per heavy atom. The fraction of sp³-hybridized carbons (Fsp3) is 0.350. The monoisotopic (exact) mass is 410 g/mol. The lowest BCUT2D eigenvalue weighted by atomic mass is 10.2. The largest absolute Gasteiger partial charge is 0.411 e. The van der Waals surface area contributed by atoms with Crippen molar-refractivity contribution in [2.45, 2.75) is 28.8 Å². The van der Waals surface area contributed by atoms with E-state index < -0.39 is 12.8 Å². The number of amides is 1. The Morgan fingerprint density at radius 2 is 1.64 bits per heavy atom. The second-order valence-corrected chi connectivity index (χ2v) is 7.39. The van der Waals surface area contributed by atoms with E-state index in [4.69, 9.17) is 0 Å². The molecule has 1 amide bonds. The zero-order chi connectivity index (χ0) is 20.0. The Labute approximate surface area is 166 Å². The highest BCUT2D eigenvalue weighted by atomic mass is 32.2. The summed E-state index contributed by atoms with van der Waals surface area (Å²) in [6.07, 6.45) is -3.74. The fourth-order valence-electron chi connectivity index (χ4n) is 2.93. The molecule has 3 rings (SSSR count). The maximum Gasteiger partial charge on any atom is 0.411 e. The van der Waals surface area contributed by atoms with Gasteiger partial charge in [-0.15, -0.1) is 0 Å². The molecule has 4 nitrogen and oxygen atoms in total. The minimum absolute atomic E-state index is 0.0812. The summed E-state index contributed by atoms with van der Waals surface area (Å²) < 4.78 is 40.4. The molecule has 0 unspecified atom stereocenters. The van der Waals surface area contributed by atoms with Crippen molar-refractivity contribution in [1.29, 1.82) is 0 Å². The molecule has 8 heteroatoms. The summed E-state index contributed by atoms with van der Waals surface area (Å²) in [4.78, 5) is 16.3. The van der Waals surface area contributed by atoms with E-state index in [1.807, 2.05) is 24.3 Å². The minimum atomic E-state index is -4.37. The first-order valence-electron chi connectivity index (χ1n) is 8.99. The van der Waals surface area contributed by atoms with Crippen molar-refractivity contribution in [1.82, 2.24) is 5.32 Å². The van der Waals surface area contributed by atoms with Crippen molar-refractivity contribution in [3.05, 3.63) is 48.5 Å². The molecule has 150 valence electrons. The summed E-state index contributed by atoms with van der Waals surface area (Å²) in [5.74, 6) is -0.308. The van der Waals surface area contributed by atoms with Gasteiger partial charge < -0.3 is 15.0 Å². The third-order valence-corrected chi connectivity index (χ3v) is 5.28. The van der Waals surface area contributed by atoms with Crippen LogP contribution in [0.25, 0.3) is 0 Å². The summed E-state index contributed by atoms with van der Waals surface area (Å²) in [6.45, 7) is -0.396. The molecule has 2 aromatic carbocycles. The van der Waals surface area contributed by atoms with E-state index in [1.165, 1.54) is 9.79 Å². The minimum Gasteiger partial charge on any atom is -0.372 e. The van der Waals surface area contributed by atoms with E-state index in [1.54, 1.807) is 11.8 Å². The lowest BCUT2D eigenvalue weighted by molar-refractivity contribution is -0.174. The molecule has 2 aromatic rings. The van der Waals surface area contributed by atoms with Crippen LogP contribution in [0.4, 0.5) is 24.5 Å². The van der Waals surface area contributed by atoms with Crippen LogP contribution in [0.2, 0.25) is 0 Å². The molecule has 28 heavy (non-hydrogen) atoms. The second-order valence-electron chi connectivity index (χ2n) is 6.31. The zero-order valence-electron chi connectivity index (χ0n) is 15.2. The Balaban J connectivity index is 1.47. The normalized spacial score (nSPS) is 13.0. The van der Waals surface area contributed by atoms with Gasteiger partial charge in [0, 0.05) is 29.3 Å². The van der Waals surface area contributed by atoms with Gasteiger partial charge in [0.25, 0.3) is 0 Å². The molecule has 0 spiro atoms. The van der Waals surface area contributed by atoms with Gasteiger partial charge in [-0.1, -0.05) is 36.0 Å². The van der Waals surface area contributed by atoms with Gasteiger partial charge in [-0.25, -0.2) is 0 Å². The Morgan fingerprint density at radius 3 is 2.25 bits per heavy atom. The van der Waals surface area contributed by atoms with Crippen molar-refractivity contribution >= 4 is 29.0 Å². The first-order valence-corrected chi connectivity index (χ1v) is 9.80. The molecule has 0 fully saturated rings. The van der Waals surface area contributed by atoms with Gasteiger partial charge >= 0.3 is 6.18 Å². The van der Waals surface area contributed by atoms with Crippen LogP contribution in [-0.4, -0.2) is 38.4 Å². The number of hydrogen-bond donors (Lipinski definition) is 1. The number of rotatable bonds is 8. The first-order chi connectivity index (χ1) is 13.4. The molecular formula is C20H21F3N2O2S.